The second-order valence-electron chi connectivity index (χ2n) is 5.27. The average molecular weight is 317 g/mol. The van der Waals surface area contributed by atoms with Gasteiger partial charge in [-0.3, -0.25) is 4.79 Å². The van der Waals surface area contributed by atoms with E-state index in [2.05, 4.69) is 0 Å². The van der Waals surface area contributed by atoms with Crippen LogP contribution in [0.15, 0.2) is 18.2 Å². The maximum absolute atomic E-state index is 13.4. The first-order valence-corrected chi connectivity index (χ1v) is 6.94. The Morgan fingerprint density at radius 1 is 1.48 bits per heavy atom. The second-order valence-corrected chi connectivity index (χ2v) is 5.27. The van der Waals surface area contributed by atoms with E-state index in [9.17, 15) is 9.18 Å². The van der Waals surface area contributed by atoms with Crippen molar-refractivity contribution in [3.05, 3.63) is 29.6 Å². The van der Waals surface area contributed by atoms with Crippen LogP contribution in [0.4, 0.5) is 4.39 Å². The lowest BCUT2D eigenvalue weighted by atomic mass is 9.96. The van der Waals surface area contributed by atoms with Gasteiger partial charge in [-0.05, 0) is 44.4 Å². The van der Waals surface area contributed by atoms with Crippen LogP contribution in [0.25, 0.3) is 0 Å². The van der Waals surface area contributed by atoms with E-state index in [0.717, 1.165) is 19.3 Å². The number of methoxy groups -OCH3 is 1. The molecule has 1 aromatic rings. The zero-order valence-electron chi connectivity index (χ0n) is 12.3. The SMILES string of the molecule is COc1ccc(F)cc1C(=O)N1CCCCC1C(C)N.Cl. The summed E-state index contributed by atoms with van der Waals surface area (Å²) in [5, 5.41) is 0. The van der Waals surface area contributed by atoms with Crippen LogP contribution >= 0.6 is 12.4 Å². The monoisotopic (exact) mass is 316 g/mol. The Morgan fingerprint density at radius 3 is 2.81 bits per heavy atom. The minimum atomic E-state index is -0.441. The third-order valence-electron chi connectivity index (χ3n) is 3.81. The molecular formula is C15H22ClFN2O2. The topological polar surface area (TPSA) is 55.6 Å². The summed E-state index contributed by atoms with van der Waals surface area (Å²) in [7, 11) is 1.48. The van der Waals surface area contributed by atoms with Crippen LogP contribution in [0.1, 0.15) is 36.5 Å². The first-order valence-electron chi connectivity index (χ1n) is 6.94. The molecule has 2 rings (SSSR count). The summed E-state index contributed by atoms with van der Waals surface area (Å²) >= 11 is 0. The Morgan fingerprint density at radius 2 is 2.19 bits per heavy atom. The van der Waals surface area contributed by atoms with Crippen molar-refractivity contribution in [2.75, 3.05) is 13.7 Å². The Labute approximate surface area is 130 Å². The fourth-order valence-electron chi connectivity index (χ4n) is 2.76. The lowest BCUT2D eigenvalue weighted by Gasteiger charge is -2.38. The molecule has 118 valence electrons. The smallest absolute Gasteiger partial charge is 0.258 e. The van der Waals surface area contributed by atoms with Gasteiger partial charge in [-0.1, -0.05) is 0 Å². The van der Waals surface area contributed by atoms with Gasteiger partial charge in [0.2, 0.25) is 0 Å². The van der Waals surface area contributed by atoms with E-state index in [1.807, 2.05) is 6.92 Å². The minimum absolute atomic E-state index is 0. The van der Waals surface area contributed by atoms with Gasteiger partial charge < -0.3 is 15.4 Å². The van der Waals surface area contributed by atoms with E-state index < -0.39 is 5.82 Å². The predicted molar refractivity (Wildman–Crippen MR) is 82.5 cm³/mol. The normalized spacial score (nSPS) is 19.6. The molecule has 1 aliphatic heterocycles. The maximum atomic E-state index is 13.4. The minimum Gasteiger partial charge on any atom is -0.496 e. The third-order valence-corrected chi connectivity index (χ3v) is 3.81. The van der Waals surface area contributed by atoms with Crippen molar-refractivity contribution in [3.63, 3.8) is 0 Å². The van der Waals surface area contributed by atoms with Crippen LogP contribution in [0.2, 0.25) is 0 Å². The molecule has 1 aliphatic rings. The fourth-order valence-corrected chi connectivity index (χ4v) is 2.76. The van der Waals surface area contributed by atoms with Crippen LogP contribution in [0.3, 0.4) is 0 Å². The molecule has 4 nitrogen and oxygen atoms in total. The molecule has 1 saturated heterocycles. The molecule has 2 N–H and O–H groups in total. The van der Waals surface area contributed by atoms with Gasteiger partial charge in [-0.2, -0.15) is 0 Å². The summed E-state index contributed by atoms with van der Waals surface area (Å²) in [4.78, 5) is 14.4. The van der Waals surface area contributed by atoms with Crippen molar-refractivity contribution >= 4 is 18.3 Å². The third kappa shape index (κ3) is 3.86. The number of nitrogens with two attached hydrogens (primary N) is 1. The molecule has 0 aliphatic carbocycles. The summed E-state index contributed by atoms with van der Waals surface area (Å²) in [6.07, 6.45) is 2.91. The van der Waals surface area contributed by atoms with Gasteiger partial charge in [0.15, 0.2) is 0 Å². The Hall–Kier alpha value is -1.33. The van der Waals surface area contributed by atoms with Crippen molar-refractivity contribution in [1.29, 1.82) is 0 Å². The van der Waals surface area contributed by atoms with Crippen molar-refractivity contribution < 1.29 is 13.9 Å². The molecule has 1 amide bonds. The highest BCUT2D eigenvalue weighted by atomic mass is 35.5. The molecule has 2 unspecified atom stereocenters. The largest absolute Gasteiger partial charge is 0.496 e. The molecule has 6 heteroatoms. The van der Waals surface area contributed by atoms with E-state index in [0.29, 0.717) is 12.3 Å². The standard InChI is InChI=1S/C15H21FN2O2.ClH/c1-10(17)13-5-3-4-8-18(13)15(19)12-9-11(16)6-7-14(12)20-2;/h6-7,9-10,13H,3-5,8,17H2,1-2H3;1H. The molecule has 0 aromatic heterocycles. The van der Waals surface area contributed by atoms with Gasteiger partial charge in [-0.15, -0.1) is 12.4 Å². The van der Waals surface area contributed by atoms with Crippen molar-refractivity contribution in [3.8, 4) is 5.75 Å². The Balaban J connectivity index is 0.00000220. The fraction of sp³-hybridized carbons (Fsp3) is 0.533. The Kier molecular flexibility index (Phi) is 6.42. The summed E-state index contributed by atoms with van der Waals surface area (Å²) in [5.41, 5.74) is 6.24. The lowest BCUT2D eigenvalue weighted by molar-refractivity contribution is 0.0580. The zero-order valence-corrected chi connectivity index (χ0v) is 13.2. The number of amides is 1. The molecule has 2 atom stereocenters. The summed E-state index contributed by atoms with van der Waals surface area (Å²) in [6, 6.07) is 3.90. The van der Waals surface area contributed by atoms with Crippen LogP contribution < -0.4 is 10.5 Å². The quantitative estimate of drug-likeness (QED) is 0.932. The second kappa shape index (κ2) is 7.61. The van der Waals surface area contributed by atoms with E-state index in [1.54, 1.807) is 4.90 Å². The van der Waals surface area contributed by atoms with Gasteiger partial charge >= 0.3 is 0 Å². The molecule has 0 spiro atoms. The number of ether oxygens (including phenoxy) is 1. The van der Waals surface area contributed by atoms with E-state index in [-0.39, 0.29) is 36.0 Å². The van der Waals surface area contributed by atoms with Crippen LogP contribution in [-0.2, 0) is 0 Å². The number of rotatable bonds is 3. The van der Waals surface area contributed by atoms with E-state index in [1.165, 1.54) is 25.3 Å². The molecule has 1 heterocycles. The van der Waals surface area contributed by atoms with Gasteiger partial charge in [0.05, 0.1) is 12.7 Å². The molecular weight excluding hydrogens is 295 g/mol. The highest BCUT2D eigenvalue weighted by molar-refractivity contribution is 5.97. The summed E-state index contributed by atoms with van der Waals surface area (Å²) < 4.78 is 18.6. The van der Waals surface area contributed by atoms with Crippen LogP contribution in [-0.4, -0.2) is 36.5 Å². The van der Waals surface area contributed by atoms with Crippen LogP contribution in [0, 0.1) is 5.82 Å². The molecule has 0 radical (unpaired) electrons. The molecule has 1 aromatic carbocycles. The maximum Gasteiger partial charge on any atom is 0.258 e. The highest BCUT2D eigenvalue weighted by Gasteiger charge is 2.31. The number of carbonyl (C=O) groups is 1. The number of hydrogen-bond acceptors (Lipinski definition) is 3. The van der Waals surface area contributed by atoms with E-state index >= 15 is 0 Å². The van der Waals surface area contributed by atoms with Gasteiger partial charge in [0, 0.05) is 18.6 Å². The highest BCUT2D eigenvalue weighted by Crippen LogP contribution is 2.26. The molecule has 0 bridgehead atoms. The number of hydrogen-bond donors (Lipinski definition) is 1. The molecule has 0 saturated carbocycles. The number of piperidine rings is 1. The number of benzene rings is 1. The first kappa shape index (κ1) is 17.7. The number of likely N-dealkylation sites (tertiary alicyclic amines) is 1. The average Bonchev–Trinajstić information content (AvgIpc) is 2.46. The van der Waals surface area contributed by atoms with Crippen molar-refractivity contribution in [2.24, 2.45) is 5.73 Å². The first-order chi connectivity index (χ1) is 9.54. The molecule has 1 fully saturated rings. The zero-order chi connectivity index (χ0) is 14.7. The van der Waals surface area contributed by atoms with Gasteiger partial charge in [0.25, 0.3) is 5.91 Å². The number of nitrogens with zero attached hydrogens (tertiary/aromatic N) is 1. The molecule has 21 heavy (non-hydrogen) atoms. The lowest BCUT2D eigenvalue weighted by Crippen LogP contribution is -2.51. The number of carbonyl (C=O) groups excluding carboxylic acids is 1. The van der Waals surface area contributed by atoms with Gasteiger partial charge in [0.1, 0.15) is 11.6 Å². The van der Waals surface area contributed by atoms with Crippen molar-refractivity contribution in [2.45, 2.75) is 38.3 Å². The predicted octanol–water partition coefficient (Wildman–Crippen LogP) is 2.60. The summed E-state index contributed by atoms with van der Waals surface area (Å²) in [5.74, 6) is -0.253. The van der Waals surface area contributed by atoms with E-state index in [4.69, 9.17) is 10.5 Å². The van der Waals surface area contributed by atoms with Gasteiger partial charge in [-0.25, -0.2) is 4.39 Å². The number of halogens is 2. The van der Waals surface area contributed by atoms with Crippen molar-refractivity contribution in [1.82, 2.24) is 4.90 Å². The Bertz CT molecular complexity index is 497. The van der Waals surface area contributed by atoms with Crippen LogP contribution in [0.5, 0.6) is 5.75 Å². The summed E-state index contributed by atoms with van der Waals surface area (Å²) in [6.45, 7) is 2.56.